The first-order valence-electron chi connectivity index (χ1n) is 5.15. The smallest absolute Gasteiger partial charge is 0.142 e. The summed E-state index contributed by atoms with van der Waals surface area (Å²) in [6, 6.07) is 8.24. The second-order valence-corrected chi connectivity index (χ2v) is 5.03. The average molecular weight is 333 g/mol. The second kappa shape index (κ2) is 5.34. The van der Waals surface area contributed by atoms with Gasteiger partial charge in [-0.25, -0.2) is 8.78 Å². The molecule has 94 valence electrons. The van der Waals surface area contributed by atoms with Gasteiger partial charge in [0.25, 0.3) is 0 Å². The highest BCUT2D eigenvalue weighted by molar-refractivity contribution is 9.10. The lowest BCUT2D eigenvalue weighted by molar-refractivity contribution is 0.618. The number of hydrogen-bond donors (Lipinski definition) is 1. The van der Waals surface area contributed by atoms with Gasteiger partial charge in [0.2, 0.25) is 0 Å². The highest BCUT2D eigenvalue weighted by atomic mass is 79.9. The van der Waals surface area contributed by atoms with Crippen LogP contribution in [0.15, 0.2) is 40.9 Å². The summed E-state index contributed by atoms with van der Waals surface area (Å²) in [5.41, 5.74) is 7.13. The second-order valence-electron chi connectivity index (χ2n) is 3.79. The van der Waals surface area contributed by atoms with E-state index in [4.69, 9.17) is 17.3 Å². The van der Waals surface area contributed by atoms with Crippen LogP contribution in [0.4, 0.5) is 8.78 Å². The zero-order valence-electron chi connectivity index (χ0n) is 9.13. The van der Waals surface area contributed by atoms with Gasteiger partial charge in [-0.3, -0.25) is 0 Å². The van der Waals surface area contributed by atoms with Crippen LogP contribution in [0.25, 0.3) is 0 Å². The fraction of sp³-hybridized carbons (Fsp3) is 0.0769. The van der Waals surface area contributed by atoms with E-state index < -0.39 is 11.9 Å². The first-order chi connectivity index (χ1) is 8.50. The minimum Gasteiger partial charge on any atom is -0.320 e. The van der Waals surface area contributed by atoms with Crippen molar-refractivity contribution in [2.24, 2.45) is 5.73 Å². The van der Waals surface area contributed by atoms with E-state index in [1.165, 1.54) is 18.2 Å². The van der Waals surface area contributed by atoms with E-state index in [9.17, 15) is 8.78 Å². The van der Waals surface area contributed by atoms with Gasteiger partial charge in [0.15, 0.2) is 0 Å². The van der Waals surface area contributed by atoms with E-state index in [-0.39, 0.29) is 10.8 Å². The molecule has 2 N–H and O–H groups in total. The molecule has 5 heteroatoms. The molecule has 0 aliphatic rings. The monoisotopic (exact) mass is 331 g/mol. The molecule has 0 bridgehead atoms. The molecule has 0 fully saturated rings. The van der Waals surface area contributed by atoms with Crippen molar-refractivity contribution in [1.82, 2.24) is 0 Å². The maximum absolute atomic E-state index is 13.3. The van der Waals surface area contributed by atoms with Crippen molar-refractivity contribution in [3.05, 3.63) is 68.7 Å². The van der Waals surface area contributed by atoms with Gasteiger partial charge < -0.3 is 5.73 Å². The van der Waals surface area contributed by atoms with Crippen molar-refractivity contribution in [1.29, 1.82) is 0 Å². The van der Waals surface area contributed by atoms with E-state index in [0.717, 1.165) is 0 Å². The Labute approximate surface area is 117 Å². The first kappa shape index (κ1) is 13.5. The summed E-state index contributed by atoms with van der Waals surface area (Å²) < 4.78 is 26.8. The van der Waals surface area contributed by atoms with Crippen molar-refractivity contribution in [2.75, 3.05) is 0 Å². The molecular weight excluding hydrogens is 324 g/mol. The van der Waals surface area contributed by atoms with Gasteiger partial charge in [-0.2, -0.15) is 0 Å². The molecule has 0 radical (unpaired) electrons. The van der Waals surface area contributed by atoms with Crippen LogP contribution in [0, 0.1) is 11.6 Å². The highest BCUT2D eigenvalue weighted by Gasteiger charge is 2.15. The lowest BCUT2D eigenvalue weighted by atomic mass is 9.99. The fourth-order valence-corrected chi connectivity index (χ4v) is 2.29. The van der Waals surface area contributed by atoms with Gasteiger partial charge >= 0.3 is 0 Å². The van der Waals surface area contributed by atoms with Gasteiger partial charge in [0, 0.05) is 0 Å². The predicted octanol–water partition coefficient (Wildman–Crippen LogP) is 4.43. The average Bonchev–Trinajstić information content (AvgIpc) is 2.35. The quantitative estimate of drug-likeness (QED) is 0.865. The third-order valence-electron chi connectivity index (χ3n) is 2.62. The first-order valence-corrected chi connectivity index (χ1v) is 6.32. The molecule has 0 saturated carbocycles. The number of halogens is 4. The zero-order valence-corrected chi connectivity index (χ0v) is 11.5. The standard InChI is InChI=1S/C13H9BrClF2N/c14-9-6-7(4-5-10(9)16)13(18)8-2-1-3-11(17)12(8)15/h1-6,13H,18H2. The Hall–Kier alpha value is -0.970. The van der Waals surface area contributed by atoms with Crippen LogP contribution in [0.1, 0.15) is 17.2 Å². The van der Waals surface area contributed by atoms with Gasteiger partial charge in [-0.05, 0) is 45.3 Å². The third-order valence-corrected chi connectivity index (χ3v) is 3.63. The normalized spacial score (nSPS) is 12.5. The molecular formula is C13H9BrClF2N. The summed E-state index contributed by atoms with van der Waals surface area (Å²) in [4.78, 5) is 0. The topological polar surface area (TPSA) is 26.0 Å². The molecule has 1 unspecified atom stereocenters. The van der Waals surface area contributed by atoms with E-state index in [0.29, 0.717) is 15.6 Å². The van der Waals surface area contributed by atoms with Crippen molar-refractivity contribution in [3.8, 4) is 0 Å². The lowest BCUT2D eigenvalue weighted by Crippen LogP contribution is -2.13. The maximum atomic E-state index is 13.3. The van der Waals surface area contributed by atoms with Crippen LogP contribution in [-0.2, 0) is 0 Å². The molecule has 2 aromatic rings. The molecule has 1 nitrogen and oxygen atoms in total. The van der Waals surface area contributed by atoms with Crippen LogP contribution < -0.4 is 5.73 Å². The summed E-state index contributed by atoms with van der Waals surface area (Å²) in [5, 5.41) is -0.00884. The minimum atomic E-state index is -0.606. The Bertz CT molecular complexity index is 589. The van der Waals surface area contributed by atoms with Crippen LogP contribution in [0.2, 0.25) is 5.02 Å². The minimum absolute atomic E-state index is 0.00884. The Morgan fingerprint density at radius 1 is 1.11 bits per heavy atom. The van der Waals surface area contributed by atoms with Crippen LogP contribution in [0.5, 0.6) is 0 Å². The van der Waals surface area contributed by atoms with Crippen molar-refractivity contribution < 1.29 is 8.78 Å². The number of benzene rings is 2. The molecule has 0 aliphatic heterocycles. The van der Waals surface area contributed by atoms with Crippen molar-refractivity contribution in [2.45, 2.75) is 6.04 Å². The molecule has 18 heavy (non-hydrogen) atoms. The van der Waals surface area contributed by atoms with Crippen molar-refractivity contribution >= 4 is 27.5 Å². The lowest BCUT2D eigenvalue weighted by Gasteiger charge is -2.15. The Kier molecular flexibility index (Phi) is 4.00. The molecule has 2 aromatic carbocycles. The molecule has 0 aromatic heterocycles. The summed E-state index contributed by atoms with van der Waals surface area (Å²) in [7, 11) is 0. The number of rotatable bonds is 2. The Balaban J connectivity index is 2.44. The molecule has 2 rings (SSSR count). The van der Waals surface area contributed by atoms with E-state index in [1.807, 2.05) is 0 Å². The zero-order chi connectivity index (χ0) is 13.3. The molecule has 0 amide bonds. The summed E-state index contributed by atoms with van der Waals surface area (Å²) in [6.07, 6.45) is 0. The third kappa shape index (κ3) is 2.55. The molecule has 0 aliphatic carbocycles. The van der Waals surface area contributed by atoms with Crippen molar-refractivity contribution in [3.63, 3.8) is 0 Å². The molecule has 0 heterocycles. The van der Waals surface area contributed by atoms with Gasteiger partial charge in [0.05, 0.1) is 15.5 Å². The van der Waals surface area contributed by atoms with E-state index in [2.05, 4.69) is 15.9 Å². The van der Waals surface area contributed by atoms with Crippen LogP contribution in [0.3, 0.4) is 0 Å². The summed E-state index contributed by atoms with van der Waals surface area (Å²) in [6.45, 7) is 0. The Morgan fingerprint density at radius 3 is 2.50 bits per heavy atom. The fourth-order valence-electron chi connectivity index (χ4n) is 1.65. The molecule has 1 atom stereocenters. The molecule has 0 saturated heterocycles. The van der Waals surface area contributed by atoms with Crippen LogP contribution in [-0.4, -0.2) is 0 Å². The Morgan fingerprint density at radius 2 is 1.83 bits per heavy atom. The van der Waals surface area contributed by atoms with Crippen LogP contribution >= 0.6 is 27.5 Å². The largest absolute Gasteiger partial charge is 0.320 e. The number of hydrogen-bond acceptors (Lipinski definition) is 1. The maximum Gasteiger partial charge on any atom is 0.142 e. The summed E-state index contributed by atoms with van der Waals surface area (Å²) in [5.74, 6) is -0.901. The summed E-state index contributed by atoms with van der Waals surface area (Å²) >= 11 is 8.95. The molecule has 0 spiro atoms. The van der Waals surface area contributed by atoms with Gasteiger partial charge in [-0.15, -0.1) is 0 Å². The number of nitrogens with two attached hydrogens (primary N) is 1. The predicted molar refractivity (Wildman–Crippen MR) is 71.5 cm³/mol. The van der Waals surface area contributed by atoms with E-state index in [1.54, 1.807) is 18.2 Å². The SMILES string of the molecule is NC(c1ccc(F)c(Br)c1)c1cccc(F)c1Cl. The highest BCUT2D eigenvalue weighted by Crippen LogP contribution is 2.30. The van der Waals surface area contributed by atoms with E-state index >= 15 is 0 Å². The van der Waals surface area contributed by atoms with Gasteiger partial charge in [-0.1, -0.05) is 29.8 Å². The van der Waals surface area contributed by atoms with Gasteiger partial charge in [0.1, 0.15) is 11.6 Å².